The van der Waals surface area contributed by atoms with Gasteiger partial charge >= 0.3 is 0 Å². The average Bonchev–Trinajstić information content (AvgIpc) is 3.28. The van der Waals surface area contributed by atoms with Crippen LogP contribution in [0.25, 0.3) is 22.1 Å². The van der Waals surface area contributed by atoms with E-state index in [9.17, 15) is 4.79 Å². The van der Waals surface area contributed by atoms with Crippen LogP contribution in [0, 0.1) is 0 Å². The zero-order valence-corrected chi connectivity index (χ0v) is 20.8. The minimum Gasteiger partial charge on any atom is -0.364 e. The molecule has 5 rings (SSSR count). The molecule has 1 aliphatic heterocycles. The fourth-order valence-corrected chi connectivity index (χ4v) is 5.15. The van der Waals surface area contributed by atoms with Crippen molar-refractivity contribution in [2.45, 2.75) is 58.8 Å². The maximum Gasteiger partial charge on any atom is 0.252 e. The van der Waals surface area contributed by atoms with Crippen molar-refractivity contribution < 1.29 is 0 Å². The lowest BCUT2D eigenvalue weighted by molar-refractivity contribution is 0.119. The molecule has 1 aromatic carbocycles. The molecule has 1 fully saturated rings. The number of aromatic nitrogens is 5. The Morgan fingerprint density at radius 1 is 0.971 bits per heavy atom. The number of nitrogens with zero attached hydrogens (tertiary/aromatic N) is 7. The fourth-order valence-electron chi connectivity index (χ4n) is 5.15. The normalized spacial score (nSPS) is 20.5. The second-order valence-electron chi connectivity index (χ2n) is 9.89. The van der Waals surface area contributed by atoms with Crippen molar-refractivity contribution in [1.82, 2.24) is 29.2 Å². The van der Waals surface area contributed by atoms with Crippen LogP contribution in [0.3, 0.4) is 0 Å². The summed E-state index contributed by atoms with van der Waals surface area (Å²) in [6.45, 7) is 12.7. The van der Waals surface area contributed by atoms with E-state index in [1.54, 1.807) is 23.0 Å². The molecule has 0 bridgehead atoms. The van der Waals surface area contributed by atoms with Crippen molar-refractivity contribution in [1.29, 1.82) is 0 Å². The number of pyridine rings is 1. The van der Waals surface area contributed by atoms with Crippen molar-refractivity contribution in [3.63, 3.8) is 0 Å². The predicted molar refractivity (Wildman–Crippen MR) is 136 cm³/mol. The molecule has 0 spiro atoms. The first-order valence-corrected chi connectivity index (χ1v) is 12.1. The van der Waals surface area contributed by atoms with Gasteiger partial charge in [0, 0.05) is 69.0 Å². The van der Waals surface area contributed by atoms with Crippen molar-refractivity contribution in [3.8, 4) is 0 Å². The zero-order chi connectivity index (χ0) is 24.1. The lowest BCUT2D eigenvalue weighted by Gasteiger charge is -2.47. The van der Waals surface area contributed by atoms with E-state index in [1.807, 2.05) is 17.9 Å². The van der Waals surface area contributed by atoms with Crippen LogP contribution in [0.5, 0.6) is 0 Å². The highest BCUT2D eigenvalue weighted by molar-refractivity contribution is 5.88. The number of piperazine rings is 1. The highest BCUT2D eigenvalue weighted by Crippen LogP contribution is 2.33. The van der Waals surface area contributed by atoms with E-state index in [0.717, 1.165) is 40.8 Å². The predicted octanol–water partition coefficient (Wildman–Crippen LogP) is 3.92. The second-order valence-corrected chi connectivity index (χ2v) is 9.89. The van der Waals surface area contributed by atoms with E-state index in [1.165, 1.54) is 5.56 Å². The Hall–Kier alpha value is -3.26. The highest BCUT2D eigenvalue weighted by atomic mass is 16.1. The number of rotatable bonds is 4. The number of hydrogen-bond acceptors (Lipinski definition) is 6. The van der Waals surface area contributed by atoms with Gasteiger partial charge in [-0.1, -0.05) is 6.07 Å². The first-order valence-electron chi connectivity index (χ1n) is 12.1. The van der Waals surface area contributed by atoms with E-state index in [0.29, 0.717) is 6.04 Å². The molecule has 3 aromatic heterocycles. The Kier molecular flexibility index (Phi) is 5.64. The van der Waals surface area contributed by atoms with Crippen LogP contribution in [-0.4, -0.2) is 54.4 Å². The molecule has 1 aliphatic rings. The Balaban J connectivity index is 1.46. The van der Waals surface area contributed by atoms with Gasteiger partial charge in [-0.25, -0.2) is 0 Å². The maximum atomic E-state index is 12.8. The van der Waals surface area contributed by atoms with Gasteiger partial charge in [0.05, 0.1) is 22.2 Å². The van der Waals surface area contributed by atoms with Gasteiger partial charge < -0.3 is 9.47 Å². The second kappa shape index (κ2) is 8.51. The van der Waals surface area contributed by atoms with Gasteiger partial charge in [-0.05, 0) is 52.3 Å². The van der Waals surface area contributed by atoms with Crippen molar-refractivity contribution >= 4 is 27.8 Å². The van der Waals surface area contributed by atoms with Crippen LogP contribution in [0.15, 0.2) is 47.7 Å². The Morgan fingerprint density at radius 3 is 2.44 bits per heavy atom. The summed E-state index contributed by atoms with van der Waals surface area (Å²) >= 11 is 0. The molecular formula is C26H33N7O. The lowest BCUT2D eigenvalue weighted by atomic mass is 10.00. The van der Waals surface area contributed by atoms with Gasteiger partial charge in [0.25, 0.3) is 5.56 Å². The van der Waals surface area contributed by atoms with E-state index in [2.05, 4.69) is 72.6 Å². The number of aryl methyl sites for hydroxylation is 1. The lowest BCUT2D eigenvalue weighted by Crippen LogP contribution is -2.57. The van der Waals surface area contributed by atoms with Crippen LogP contribution in [0.1, 0.15) is 52.3 Å². The Morgan fingerprint density at radius 2 is 1.71 bits per heavy atom. The summed E-state index contributed by atoms with van der Waals surface area (Å²) < 4.78 is 3.64. The van der Waals surface area contributed by atoms with Gasteiger partial charge in [0.2, 0.25) is 0 Å². The van der Waals surface area contributed by atoms with Gasteiger partial charge in [-0.2, -0.15) is 5.10 Å². The van der Waals surface area contributed by atoms with Crippen LogP contribution >= 0.6 is 0 Å². The molecular weight excluding hydrogens is 426 g/mol. The molecule has 4 aromatic rings. The molecule has 8 nitrogen and oxygen atoms in total. The smallest absolute Gasteiger partial charge is 0.252 e. The Labute approximate surface area is 199 Å². The standard InChI is InChI=1S/C26H33N7O/c1-16(2)33-15-24-26(29-33)23(12-25(34)30(24)6)32-14-17(3)31(13-18(32)4)19(5)20-7-8-21-22(11-20)28-10-9-27-21/h7-12,15-19H,13-14H2,1-6H3/t17-,18+,19?/m1/s1. The first kappa shape index (κ1) is 22.5. The maximum absolute atomic E-state index is 12.8. The largest absolute Gasteiger partial charge is 0.364 e. The van der Waals surface area contributed by atoms with E-state index >= 15 is 0 Å². The summed E-state index contributed by atoms with van der Waals surface area (Å²) in [5.41, 5.74) is 5.79. The molecule has 4 heterocycles. The third kappa shape index (κ3) is 3.76. The van der Waals surface area contributed by atoms with Crippen molar-refractivity contribution in [3.05, 3.63) is 58.8 Å². The van der Waals surface area contributed by atoms with Crippen LogP contribution in [0.4, 0.5) is 5.69 Å². The number of hydrogen-bond donors (Lipinski definition) is 0. The van der Waals surface area contributed by atoms with Crippen LogP contribution in [-0.2, 0) is 7.05 Å². The van der Waals surface area contributed by atoms with Crippen molar-refractivity contribution in [2.75, 3.05) is 18.0 Å². The number of anilines is 1. The monoisotopic (exact) mass is 459 g/mol. The molecule has 0 N–H and O–H groups in total. The van der Waals surface area contributed by atoms with E-state index < -0.39 is 0 Å². The quantitative estimate of drug-likeness (QED) is 0.461. The van der Waals surface area contributed by atoms with Gasteiger partial charge in [-0.3, -0.25) is 24.3 Å². The Bertz CT molecular complexity index is 1410. The molecule has 0 aliphatic carbocycles. The molecule has 178 valence electrons. The van der Waals surface area contributed by atoms with Crippen LogP contribution in [0.2, 0.25) is 0 Å². The summed E-state index contributed by atoms with van der Waals surface area (Å²) in [5, 5.41) is 4.87. The third-order valence-electron chi connectivity index (χ3n) is 7.25. The summed E-state index contributed by atoms with van der Waals surface area (Å²) in [4.78, 5) is 26.6. The zero-order valence-electron chi connectivity index (χ0n) is 20.8. The molecule has 0 radical (unpaired) electrons. The third-order valence-corrected chi connectivity index (χ3v) is 7.25. The molecule has 3 atom stereocenters. The molecule has 34 heavy (non-hydrogen) atoms. The minimum atomic E-state index is -0.00118. The molecule has 8 heteroatoms. The van der Waals surface area contributed by atoms with E-state index in [4.69, 9.17) is 5.10 Å². The van der Waals surface area contributed by atoms with E-state index in [-0.39, 0.29) is 23.7 Å². The molecule has 0 amide bonds. The number of fused-ring (bicyclic) bond motifs is 2. The molecule has 0 saturated carbocycles. The minimum absolute atomic E-state index is 0.00118. The summed E-state index contributed by atoms with van der Waals surface area (Å²) in [6, 6.07) is 9.14. The summed E-state index contributed by atoms with van der Waals surface area (Å²) in [5.74, 6) is 0. The van der Waals surface area contributed by atoms with Gasteiger partial charge in [0.1, 0.15) is 5.52 Å². The van der Waals surface area contributed by atoms with Gasteiger partial charge in [-0.15, -0.1) is 0 Å². The summed E-state index contributed by atoms with van der Waals surface area (Å²) in [7, 11) is 1.82. The fraction of sp³-hybridized carbons (Fsp3) is 0.462. The topological polar surface area (TPSA) is 72.1 Å². The van der Waals surface area contributed by atoms with Crippen LogP contribution < -0.4 is 10.5 Å². The molecule has 1 saturated heterocycles. The van der Waals surface area contributed by atoms with Gasteiger partial charge in [0.15, 0.2) is 0 Å². The first-order chi connectivity index (χ1) is 16.2. The average molecular weight is 460 g/mol. The molecule has 1 unspecified atom stereocenters. The SMILES string of the molecule is CC(c1ccc2nccnc2c1)N1C[C@H](C)N(c2cc(=O)n(C)c3cn(C(C)C)nc23)C[C@H]1C. The summed E-state index contributed by atoms with van der Waals surface area (Å²) in [6.07, 6.45) is 5.46. The highest BCUT2D eigenvalue weighted by Gasteiger charge is 2.34. The number of benzene rings is 1. The van der Waals surface area contributed by atoms with Crippen molar-refractivity contribution in [2.24, 2.45) is 7.05 Å².